The standard InChI is InChI=1S/C23H16N4O4/c28-18-13-8-4-10-24-20(13)26-22(30)16(18)15(12-6-2-1-3-7-12)17-19(29)14-9-5-11-25-21(14)27-23(17)31/h1-11,15H,(H2,24,26,28,30)(H2,25,27,29,31). The smallest absolute Gasteiger partial charge is 0.257 e. The molecule has 0 fully saturated rings. The molecule has 31 heavy (non-hydrogen) atoms. The molecule has 4 N–H and O–H groups in total. The van der Waals surface area contributed by atoms with Gasteiger partial charge in [0.2, 0.25) is 0 Å². The molecule has 0 bridgehead atoms. The zero-order valence-corrected chi connectivity index (χ0v) is 16.0. The molecule has 0 saturated carbocycles. The molecule has 0 spiro atoms. The molecule has 4 aromatic heterocycles. The fraction of sp³-hybridized carbons (Fsp3) is 0.0435. The van der Waals surface area contributed by atoms with Gasteiger partial charge in [-0.3, -0.25) is 9.59 Å². The second-order valence-corrected chi connectivity index (χ2v) is 7.08. The first-order chi connectivity index (χ1) is 15.1. The number of aromatic nitrogens is 4. The van der Waals surface area contributed by atoms with Crippen LogP contribution in [-0.4, -0.2) is 30.1 Å². The summed E-state index contributed by atoms with van der Waals surface area (Å²) in [7, 11) is 0. The number of aromatic amines is 2. The van der Waals surface area contributed by atoms with Gasteiger partial charge in [0.15, 0.2) is 0 Å². The quantitative estimate of drug-likeness (QED) is 0.360. The number of rotatable bonds is 3. The van der Waals surface area contributed by atoms with Crippen LogP contribution in [0.5, 0.6) is 11.5 Å². The third-order valence-electron chi connectivity index (χ3n) is 5.30. The fourth-order valence-electron chi connectivity index (χ4n) is 3.91. The number of hydrogen-bond acceptors (Lipinski definition) is 6. The molecule has 4 heterocycles. The summed E-state index contributed by atoms with van der Waals surface area (Å²) in [5.74, 6) is -1.64. The van der Waals surface area contributed by atoms with Crippen molar-refractivity contribution in [1.82, 2.24) is 19.9 Å². The topological polar surface area (TPSA) is 132 Å². The number of aromatic hydroxyl groups is 2. The summed E-state index contributed by atoms with van der Waals surface area (Å²) >= 11 is 0. The van der Waals surface area contributed by atoms with Gasteiger partial charge in [-0.15, -0.1) is 0 Å². The molecule has 0 aliphatic carbocycles. The highest BCUT2D eigenvalue weighted by atomic mass is 16.3. The highest BCUT2D eigenvalue weighted by Gasteiger charge is 2.30. The number of nitrogens with zero attached hydrogens (tertiary/aromatic N) is 2. The van der Waals surface area contributed by atoms with E-state index in [9.17, 15) is 19.8 Å². The van der Waals surface area contributed by atoms with Gasteiger partial charge >= 0.3 is 0 Å². The zero-order valence-electron chi connectivity index (χ0n) is 16.0. The van der Waals surface area contributed by atoms with Crippen molar-refractivity contribution >= 4 is 22.1 Å². The first-order valence-corrected chi connectivity index (χ1v) is 9.51. The van der Waals surface area contributed by atoms with Crippen molar-refractivity contribution in [3.63, 3.8) is 0 Å². The Morgan fingerprint density at radius 2 is 1.16 bits per heavy atom. The van der Waals surface area contributed by atoms with Crippen LogP contribution in [0, 0.1) is 0 Å². The number of hydrogen-bond donors (Lipinski definition) is 4. The number of H-pyrrole nitrogens is 2. The largest absolute Gasteiger partial charge is 0.507 e. The molecular formula is C23H16N4O4. The lowest BCUT2D eigenvalue weighted by molar-refractivity contribution is 0.462. The molecule has 0 amide bonds. The van der Waals surface area contributed by atoms with E-state index in [1.54, 1.807) is 54.6 Å². The van der Waals surface area contributed by atoms with Crippen LogP contribution >= 0.6 is 0 Å². The van der Waals surface area contributed by atoms with E-state index in [4.69, 9.17) is 0 Å². The predicted octanol–water partition coefficient (Wildman–Crippen LogP) is 2.75. The summed E-state index contributed by atoms with van der Waals surface area (Å²) in [5, 5.41) is 22.8. The average molecular weight is 412 g/mol. The Bertz CT molecular complexity index is 1460. The van der Waals surface area contributed by atoms with Gasteiger partial charge in [0.1, 0.15) is 22.8 Å². The Labute approximate surface area is 174 Å². The minimum absolute atomic E-state index is 0.0595. The van der Waals surface area contributed by atoms with E-state index in [2.05, 4.69) is 19.9 Å². The van der Waals surface area contributed by atoms with Gasteiger partial charge in [-0.25, -0.2) is 9.97 Å². The summed E-state index contributed by atoms with van der Waals surface area (Å²) in [6.45, 7) is 0. The van der Waals surface area contributed by atoms with Gasteiger partial charge in [0, 0.05) is 12.4 Å². The van der Waals surface area contributed by atoms with Crippen LogP contribution in [0.3, 0.4) is 0 Å². The number of benzene rings is 1. The van der Waals surface area contributed by atoms with Crippen LogP contribution < -0.4 is 11.1 Å². The van der Waals surface area contributed by atoms with E-state index in [1.807, 2.05) is 0 Å². The van der Waals surface area contributed by atoms with Gasteiger partial charge < -0.3 is 20.2 Å². The van der Waals surface area contributed by atoms with E-state index in [0.717, 1.165) is 0 Å². The van der Waals surface area contributed by atoms with Crippen LogP contribution in [0.25, 0.3) is 22.1 Å². The minimum Gasteiger partial charge on any atom is -0.507 e. The van der Waals surface area contributed by atoms with Gasteiger partial charge in [-0.05, 0) is 29.8 Å². The predicted molar refractivity (Wildman–Crippen MR) is 115 cm³/mol. The summed E-state index contributed by atoms with van der Waals surface area (Å²) in [6.07, 6.45) is 3.00. The molecule has 0 unspecified atom stereocenters. The molecule has 1 aromatic carbocycles. The molecule has 0 radical (unpaired) electrons. The van der Waals surface area contributed by atoms with E-state index in [1.165, 1.54) is 12.4 Å². The van der Waals surface area contributed by atoms with Crippen LogP contribution in [0.1, 0.15) is 22.6 Å². The normalized spacial score (nSPS) is 11.4. The molecule has 8 nitrogen and oxygen atoms in total. The summed E-state index contributed by atoms with van der Waals surface area (Å²) in [6, 6.07) is 15.3. The Morgan fingerprint density at radius 1 is 0.677 bits per heavy atom. The van der Waals surface area contributed by atoms with Crippen LogP contribution in [-0.2, 0) is 0 Å². The van der Waals surface area contributed by atoms with Crippen LogP contribution in [0.2, 0.25) is 0 Å². The third kappa shape index (κ3) is 2.93. The van der Waals surface area contributed by atoms with E-state index >= 15 is 0 Å². The average Bonchev–Trinajstić information content (AvgIpc) is 2.78. The molecule has 5 aromatic rings. The highest BCUT2D eigenvalue weighted by Crippen LogP contribution is 2.40. The molecular weight excluding hydrogens is 396 g/mol. The monoisotopic (exact) mass is 412 g/mol. The van der Waals surface area contributed by atoms with Gasteiger partial charge in [-0.1, -0.05) is 30.3 Å². The Kier molecular flexibility index (Phi) is 4.25. The van der Waals surface area contributed by atoms with Crippen molar-refractivity contribution in [2.45, 2.75) is 5.92 Å². The highest BCUT2D eigenvalue weighted by molar-refractivity contribution is 5.85. The summed E-state index contributed by atoms with van der Waals surface area (Å²) < 4.78 is 0. The maximum Gasteiger partial charge on any atom is 0.257 e. The summed E-state index contributed by atoms with van der Waals surface area (Å²) in [4.78, 5) is 39.6. The number of pyridine rings is 4. The first kappa shape index (κ1) is 18.6. The minimum atomic E-state index is -1.04. The molecule has 0 aliphatic heterocycles. The Balaban J connectivity index is 1.91. The Morgan fingerprint density at radius 3 is 1.65 bits per heavy atom. The fourth-order valence-corrected chi connectivity index (χ4v) is 3.91. The van der Waals surface area contributed by atoms with Gasteiger partial charge in [0.05, 0.1) is 27.8 Å². The lowest BCUT2D eigenvalue weighted by Gasteiger charge is -2.20. The van der Waals surface area contributed by atoms with E-state index in [0.29, 0.717) is 16.3 Å². The summed E-state index contributed by atoms with van der Waals surface area (Å²) in [5.41, 5.74) is -0.338. The van der Waals surface area contributed by atoms with Crippen molar-refractivity contribution in [2.24, 2.45) is 0 Å². The van der Waals surface area contributed by atoms with Crippen molar-refractivity contribution in [3.05, 3.63) is 104 Å². The number of fused-ring (bicyclic) bond motifs is 2. The van der Waals surface area contributed by atoms with Crippen molar-refractivity contribution in [3.8, 4) is 11.5 Å². The maximum atomic E-state index is 13.1. The lowest BCUT2D eigenvalue weighted by Crippen LogP contribution is -2.24. The molecule has 0 saturated heterocycles. The molecule has 0 aliphatic rings. The van der Waals surface area contributed by atoms with E-state index in [-0.39, 0.29) is 33.9 Å². The maximum absolute atomic E-state index is 13.1. The van der Waals surface area contributed by atoms with Crippen LogP contribution in [0.15, 0.2) is 76.6 Å². The van der Waals surface area contributed by atoms with Crippen molar-refractivity contribution in [2.75, 3.05) is 0 Å². The first-order valence-electron chi connectivity index (χ1n) is 9.51. The molecule has 152 valence electrons. The van der Waals surface area contributed by atoms with Crippen molar-refractivity contribution in [1.29, 1.82) is 0 Å². The molecule has 5 rings (SSSR count). The lowest BCUT2D eigenvalue weighted by atomic mass is 9.84. The van der Waals surface area contributed by atoms with Gasteiger partial charge in [0.25, 0.3) is 11.1 Å². The second-order valence-electron chi connectivity index (χ2n) is 7.08. The van der Waals surface area contributed by atoms with E-state index < -0.39 is 17.0 Å². The molecule has 8 heteroatoms. The van der Waals surface area contributed by atoms with Gasteiger partial charge in [-0.2, -0.15) is 0 Å². The number of nitrogens with one attached hydrogen (secondary N) is 2. The zero-order chi connectivity index (χ0) is 21.5. The third-order valence-corrected chi connectivity index (χ3v) is 5.30. The van der Waals surface area contributed by atoms with Crippen LogP contribution in [0.4, 0.5) is 0 Å². The molecule has 0 atom stereocenters. The van der Waals surface area contributed by atoms with Crippen molar-refractivity contribution < 1.29 is 10.2 Å². The SMILES string of the molecule is O=c1[nH]c2ncccc2c(O)c1C(c1ccccc1)c1c(O)c2cccnc2[nH]c1=O. The second kappa shape index (κ2) is 7.10. The Hall–Kier alpha value is -4.46.